The van der Waals surface area contributed by atoms with Gasteiger partial charge in [0.2, 0.25) is 0 Å². The predicted octanol–water partition coefficient (Wildman–Crippen LogP) is 5.80. The van der Waals surface area contributed by atoms with Gasteiger partial charge in [0.25, 0.3) is 11.5 Å². The van der Waals surface area contributed by atoms with Crippen LogP contribution >= 0.6 is 0 Å². The molecule has 0 fully saturated rings. The molecule has 0 saturated carbocycles. The van der Waals surface area contributed by atoms with Crippen LogP contribution in [0.25, 0.3) is 0 Å². The Morgan fingerprint density at radius 2 is 1.16 bits per heavy atom. The van der Waals surface area contributed by atoms with Crippen LogP contribution in [0.3, 0.4) is 0 Å². The monoisotopic (exact) mass is 257 g/mol. The molecule has 1 N–H and O–H groups in total. The minimum atomic E-state index is 0.573. The van der Waals surface area contributed by atoms with Crippen LogP contribution in [0.5, 0.6) is 11.5 Å². The van der Waals surface area contributed by atoms with E-state index in [4.69, 9.17) is 0 Å². The maximum Gasteiger partial charge on any atom is 0.260 e. The van der Waals surface area contributed by atoms with Gasteiger partial charge < -0.3 is 4.74 Å². The summed E-state index contributed by atoms with van der Waals surface area (Å²) >= 11 is 0. The lowest BCUT2D eigenvalue weighted by Gasteiger charge is -2.06. The third-order valence-electron chi connectivity index (χ3n) is 2.85. The SMILES string of the molecule is CC.Cc1ccc([OH+]c2ccc(C(C)C)cc2)cc1. The molecule has 0 bridgehead atoms. The van der Waals surface area contributed by atoms with Crippen LogP contribution in [0.15, 0.2) is 48.5 Å². The molecule has 1 heteroatoms. The topological polar surface area (TPSA) is 12.8 Å². The van der Waals surface area contributed by atoms with Gasteiger partial charge in [-0.1, -0.05) is 45.4 Å². The fourth-order valence-corrected chi connectivity index (χ4v) is 1.70. The van der Waals surface area contributed by atoms with Crippen molar-refractivity contribution in [3.8, 4) is 11.5 Å². The summed E-state index contributed by atoms with van der Waals surface area (Å²) in [6.45, 7) is 10.5. The van der Waals surface area contributed by atoms with E-state index in [2.05, 4.69) is 61.9 Å². The second kappa shape index (κ2) is 7.63. The van der Waals surface area contributed by atoms with Crippen molar-refractivity contribution in [3.63, 3.8) is 0 Å². The average molecular weight is 257 g/mol. The Morgan fingerprint density at radius 1 is 0.737 bits per heavy atom. The lowest BCUT2D eigenvalue weighted by atomic mass is 10.0. The van der Waals surface area contributed by atoms with Gasteiger partial charge in [-0.05, 0) is 30.5 Å². The van der Waals surface area contributed by atoms with Gasteiger partial charge in [0.1, 0.15) is 0 Å². The Hall–Kier alpha value is -1.76. The largest absolute Gasteiger partial charge is 0.546 e. The van der Waals surface area contributed by atoms with Gasteiger partial charge in [0.05, 0.1) is 0 Å². The highest BCUT2D eigenvalue weighted by Crippen LogP contribution is 2.25. The van der Waals surface area contributed by atoms with E-state index < -0.39 is 0 Å². The Bertz CT molecular complexity index is 466. The molecule has 0 atom stereocenters. The van der Waals surface area contributed by atoms with E-state index in [1.54, 1.807) is 0 Å². The van der Waals surface area contributed by atoms with Crippen LogP contribution in [-0.2, 0) is 0 Å². The van der Waals surface area contributed by atoms with Crippen molar-refractivity contribution in [2.75, 3.05) is 0 Å². The van der Waals surface area contributed by atoms with E-state index in [1.165, 1.54) is 11.1 Å². The number of hydrogen-bond acceptors (Lipinski definition) is 0. The second-order valence-electron chi connectivity index (χ2n) is 4.69. The Morgan fingerprint density at radius 3 is 1.58 bits per heavy atom. The van der Waals surface area contributed by atoms with Crippen molar-refractivity contribution >= 4 is 0 Å². The van der Waals surface area contributed by atoms with Gasteiger partial charge in [0.15, 0.2) is 0 Å². The predicted molar refractivity (Wildman–Crippen MR) is 84.2 cm³/mol. The van der Waals surface area contributed by atoms with Crippen molar-refractivity contribution in [2.45, 2.75) is 40.5 Å². The number of aryl methyl sites for hydroxylation is 1. The van der Waals surface area contributed by atoms with Crippen LogP contribution in [-0.4, -0.2) is 4.74 Å². The summed E-state index contributed by atoms with van der Waals surface area (Å²) < 4.78 is 4.58. The summed E-state index contributed by atoms with van der Waals surface area (Å²) in [5, 5.41) is 0. The zero-order chi connectivity index (χ0) is 14.3. The smallest absolute Gasteiger partial charge is 0.260 e. The van der Waals surface area contributed by atoms with Crippen molar-refractivity contribution in [2.24, 2.45) is 0 Å². The first-order chi connectivity index (χ1) is 9.15. The molecule has 2 aromatic rings. The van der Waals surface area contributed by atoms with Crippen molar-refractivity contribution in [3.05, 3.63) is 59.7 Å². The van der Waals surface area contributed by atoms with Crippen molar-refractivity contribution in [1.29, 1.82) is 0 Å². The summed E-state index contributed by atoms with van der Waals surface area (Å²) in [6.07, 6.45) is 0. The number of rotatable bonds is 3. The second-order valence-corrected chi connectivity index (χ2v) is 4.69. The summed E-state index contributed by atoms with van der Waals surface area (Å²) in [5.74, 6) is 2.59. The summed E-state index contributed by atoms with van der Waals surface area (Å²) in [6, 6.07) is 16.7. The molecule has 102 valence electrons. The number of hydrogen-bond donors (Lipinski definition) is 0. The lowest BCUT2D eigenvalue weighted by Crippen LogP contribution is -1.86. The van der Waals surface area contributed by atoms with Crippen LogP contribution in [0.2, 0.25) is 0 Å². The van der Waals surface area contributed by atoms with Gasteiger partial charge in [-0.25, -0.2) is 0 Å². The minimum Gasteiger partial charge on any atom is -0.546 e. The molecule has 19 heavy (non-hydrogen) atoms. The van der Waals surface area contributed by atoms with Gasteiger partial charge in [-0.15, -0.1) is 0 Å². The van der Waals surface area contributed by atoms with Gasteiger partial charge in [-0.2, -0.15) is 0 Å². The maximum atomic E-state index is 4.58. The fraction of sp³-hybridized carbons (Fsp3) is 0.333. The number of benzene rings is 2. The lowest BCUT2D eigenvalue weighted by molar-refractivity contribution is 0.198. The van der Waals surface area contributed by atoms with Crippen LogP contribution in [0.4, 0.5) is 0 Å². The molecule has 1 nitrogen and oxygen atoms in total. The molecule has 0 saturated heterocycles. The van der Waals surface area contributed by atoms with Gasteiger partial charge in [-0.3, -0.25) is 0 Å². The number of ether oxygens (including phenoxy) is 1. The number of aromatic hydroxyl groups is 2. The van der Waals surface area contributed by atoms with Crippen LogP contribution in [0.1, 0.15) is 44.7 Å². The van der Waals surface area contributed by atoms with Crippen molar-refractivity contribution < 1.29 is 4.74 Å². The normalized spacial score (nSPS) is 9.79. The molecule has 2 aromatic carbocycles. The minimum absolute atomic E-state index is 0.573. The molecule has 0 amide bonds. The van der Waals surface area contributed by atoms with E-state index in [0.717, 1.165) is 11.5 Å². The third-order valence-corrected chi connectivity index (χ3v) is 2.85. The maximum absolute atomic E-state index is 4.58. The summed E-state index contributed by atoms with van der Waals surface area (Å²) in [5.41, 5.74) is 2.62. The first-order valence-electron chi connectivity index (χ1n) is 7.03. The highest BCUT2D eigenvalue weighted by atomic mass is 16.5. The molecule has 0 aliphatic rings. The van der Waals surface area contributed by atoms with E-state index in [0.29, 0.717) is 5.92 Å². The molecule has 0 aliphatic carbocycles. The quantitative estimate of drug-likeness (QED) is 0.616. The highest BCUT2D eigenvalue weighted by Gasteiger charge is 2.04. The first-order valence-corrected chi connectivity index (χ1v) is 7.03. The summed E-state index contributed by atoms with van der Waals surface area (Å²) in [7, 11) is 0. The Labute approximate surface area is 117 Å². The fourth-order valence-electron chi connectivity index (χ4n) is 1.70. The van der Waals surface area contributed by atoms with Crippen LogP contribution < -0.4 is 0 Å². The van der Waals surface area contributed by atoms with E-state index >= 15 is 0 Å². The first kappa shape index (κ1) is 15.3. The van der Waals surface area contributed by atoms with E-state index in [-0.39, 0.29) is 0 Å². The molecule has 0 unspecified atom stereocenters. The zero-order valence-corrected chi connectivity index (χ0v) is 12.6. The van der Waals surface area contributed by atoms with Gasteiger partial charge in [0, 0.05) is 24.3 Å². The molecule has 0 aliphatic heterocycles. The van der Waals surface area contributed by atoms with E-state index in [1.807, 2.05) is 26.0 Å². The summed E-state index contributed by atoms with van der Waals surface area (Å²) in [4.78, 5) is 0. The molecule has 0 radical (unpaired) electrons. The molecular formula is C18H25O+. The Balaban J connectivity index is 0.000000861. The molecule has 0 aromatic heterocycles. The molecular weight excluding hydrogens is 232 g/mol. The highest BCUT2D eigenvalue weighted by molar-refractivity contribution is 5.33. The zero-order valence-electron chi connectivity index (χ0n) is 12.6. The Kier molecular flexibility index (Phi) is 6.14. The van der Waals surface area contributed by atoms with Crippen molar-refractivity contribution in [1.82, 2.24) is 0 Å². The average Bonchev–Trinajstić information content (AvgIpc) is 2.44. The molecule has 0 heterocycles. The third kappa shape index (κ3) is 4.78. The van der Waals surface area contributed by atoms with Crippen LogP contribution in [0, 0.1) is 6.92 Å². The van der Waals surface area contributed by atoms with Gasteiger partial charge >= 0.3 is 0 Å². The molecule has 0 spiro atoms. The van der Waals surface area contributed by atoms with E-state index in [9.17, 15) is 0 Å². The standard InChI is InChI=1S/C16H18O.C2H6/c1-12(2)14-6-10-16(11-7-14)17-15-8-4-13(3)5-9-15;1-2/h4-12H,1-3H3;1-2H3/p+1. The molecule has 2 rings (SSSR count).